The van der Waals surface area contributed by atoms with Gasteiger partial charge in [0.2, 0.25) is 0 Å². The molecule has 2 fully saturated rings. The second-order valence-electron chi connectivity index (χ2n) is 6.90. The Morgan fingerprint density at radius 3 is 2.33 bits per heavy atom. The molecule has 120 valence electrons. The van der Waals surface area contributed by atoms with Crippen LogP contribution in [0.1, 0.15) is 46.5 Å². The van der Waals surface area contributed by atoms with Crippen molar-refractivity contribution in [3.8, 4) is 0 Å². The molecule has 0 aromatic rings. The van der Waals surface area contributed by atoms with Crippen molar-refractivity contribution in [2.24, 2.45) is 0 Å². The number of rotatable bonds is 3. The van der Waals surface area contributed by atoms with Gasteiger partial charge < -0.3 is 14.8 Å². The standard InChI is InChI=1S/C15H26N2O4/c1-15(2,3)21-14(19)17-9-11(16-10-6-5-7-10)8-12(17)13(18)20-4/h10-12,16H,5-9H2,1-4H3/t11-,12+/m1/s1. The first-order valence-corrected chi connectivity index (χ1v) is 7.63. The van der Waals surface area contributed by atoms with Crippen LogP contribution in [0.25, 0.3) is 0 Å². The van der Waals surface area contributed by atoms with E-state index in [1.807, 2.05) is 20.8 Å². The van der Waals surface area contributed by atoms with Crippen molar-refractivity contribution in [3.05, 3.63) is 0 Å². The van der Waals surface area contributed by atoms with Crippen molar-refractivity contribution < 1.29 is 19.1 Å². The fraction of sp³-hybridized carbons (Fsp3) is 0.867. The number of esters is 1. The third-order valence-electron chi connectivity index (χ3n) is 3.98. The summed E-state index contributed by atoms with van der Waals surface area (Å²) in [6, 6.07) is 0.0984. The van der Waals surface area contributed by atoms with Gasteiger partial charge >= 0.3 is 12.1 Å². The molecule has 1 amide bonds. The molecule has 0 bridgehead atoms. The highest BCUT2D eigenvalue weighted by molar-refractivity contribution is 5.82. The predicted molar refractivity (Wildman–Crippen MR) is 77.9 cm³/mol. The number of hydrogen-bond acceptors (Lipinski definition) is 5. The number of nitrogens with zero attached hydrogens (tertiary/aromatic N) is 1. The number of likely N-dealkylation sites (tertiary alicyclic amines) is 1. The van der Waals surface area contributed by atoms with E-state index in [4.69, 9.17) is 9.47 Å². The van der Waals surface area contributed by atoms with E-state index < -0.39 is 17.7 Å². The molecule has 0 aromatic heterocycles. The lowest BCUT2D eigenvalue weighted by Crippen LogP contribution is -2.45. The average molecular weight is 298 g/mol. The van der Waals surface area contributed by atoms with E-state index in [9.17, 15) is 9.59 Å². The lowest BCUT2D eigenvalue weighted by Gasteiger charge is -2.30. The van der Waals surface area contributed by atoms with Crippen LogP contribution in [0, 0.1) is 0 Å². The van der Waals surface area contributed by atoms with Crippen molar-refractivity contribution >= 4 is 12.1 Å². The van der Waals surface area contributed by atoms with E-state index in [1.165, 1.54) is 31.3 Å². The Morgan fingerprint density at radius 2 is 1.86 bits per heavy atom. The van der Waals surface area contributed by atoms with E-state index in [2.05, 4.69) is 5.32 Å². The topological polar surface area (TPSA) is 67.9 Å². The molecule has 0 radical (unpaired) electrons. The number of nitrogens with one attached hydrogen (secondary N) is 1. The largest absolute Gasteiger partial charge is 0.467 e. The highest BCUT2D eigenvalue weighted by Gasteiger charge is 2.42. The molecule has 2 atom stereocenters. The van der Waals surface area contributed by atoms with Crippen molar-refractivity contribution in [3.63, 3.8) is 0 Å². The van der Waals surface area contributed by atoms with Crippen LogP contribution in [0.15, 0.2) is 0 Å². The zero-order valence-electron chi connectivity index (χ0n) is 13.3. The maximum Gasteiger partial charge on any atom is 0.411 e. The summed E-state index contributed by atoms with van der Waals surface area (Å²) < 4.78 is 10.2. The van der Waals surface area contributed by atoms with Crippen LogP contribution < -0.4 is 5.32 Å². The van der Waals surface area contributed by atoms with Gasteiger partial charge in [0.05, 0.1) is 7.11 Å². The molecular weight excluding hydrogens is 272 g/mol. The van der Waals surface area contributed by atoms with Gasteiger partial charge in [-0.3, -0.25) is 4.90 Å². The summed E-state index contributed by atoms with van der Waals surface area (Å²) in [4.78, 5) is 25.7. The second kappa shape index (κ2) is 6.22. The lowest BCUT2D eigenvalue weighted by molar-refractivity contribution is -0.145. The quantitative estimate of drug-likeness (QED) is 0.803. The van der Waals surface area contributed by atoms with Crippen LogP contribution in [-0.2, 0) is 14.3 Å². The second-order valence-corrected chi connectivity index (χ2v) is 6.90. The summed E-state index contributed by atoms with van der Waals surface area (Å²) in [5, 5.41) is 3.51. The van der Waals surface area contributed by atoms with E-state index in [1.54, 1.807) is 0 Å². The van der Waals surface area contributed by atoms with Crippen molar-refractivity contribution in [1.29, 1.82) is 0 Å². The number of ether oxygens (including phenoxy) is 2. The van der Waals surface area contributed by atoms with Gasteiger partial charge in [-0.1, -0.05) is 6.42 Å². The Bertz CT molecular complexity index is 401. The minimum absolute atomic E-state index is 0.131. The van der Waals surface area contributed by atoms with Gasteiger partial charge in [0, 0.05) is 18.6 Å². The third-order valence-corrected chi connectivity index (χ3v) is 3.98. The van der Waals surface area contributed by atoms with Crippen LogP contribution in [0.4, 0.5) is 4.79 Å². The normalized spacial score (nSPS) is 26.4. The van der Waals surface area contributed by atoms with Crippen molar-refractivity contribution in [1.82, 2.24) is 10.2 Å². The summed E-state index contributed by atoms with van der Waals surface area (Å²) in [5.74, 6) is -0.376. The molecule has 1 heterocycles. The zero-order valence-corrected chi connectivity index (χ0v) is 13.3. The monoisotopic (exact) mass is 298 g/mol. The van der Waals surface area contributed by atoms with E-state index in [0.29, 0.717) is 19.0 Å². The van der Waals surface area contributed by atoms with E-state index in [0.717, 1.165) is 0 Å². The number of methoxy groups -OCH3 is 1. The first-order valence-electron chi connectivity index (χ1n) is 7.63. The van der Waals surface area contributed by atoms with Crippen LogP contribution in [0.2, 0.25) is 0 Å². The number of carbonyl (C=O) groups excluding carboxylic acids is 2. The summed E-state index contributed by atoms with van der Waals surface area (Å²) in [6.07, 6.45) is 3.73. The number of amides is 1. The van der Waals surface area contributed by atoms with Gasteiger partial charge in [0.1, 0.15) is 11.6 Å². The molecule has 2 aliphatic rings. The van der Waals surface area contributed by atoms with Gasteiger partial charge in [0.25, 0.3) is 0 Å². The van der Waals surface area contributed by atoms with Gasteiger partial charge in [-0.05, 0) is 40.0 Å². The van der Waals surface area contributed by atoms with Gasteiger partial charge in [0.15, 0.2) is 0 Å². The summed E-state index contributed by atoms with van der Waals surface area (Å²) in [6.45, 7) is 5.94. The molecule has 6 heteroatoms. The van der Waals surface area contributed by atoms with Crippen LogP contribution in [0.3, 0.4) is 0 Å². The maximum absolute atomic E-state index is 12.3. The Labute approximate surface area is 126 Å². The Morgan fingerprint density at radius 1 is 1.19 bits per heavy atom. The minimum Gasteiger partial charge on any atom is -0.467 e. The SMILES string of the molecule is COC(=O)[C@@H]1C[C@@H](NC2CCC2)CN1C(=O)OC(C)(C)C. The fourth-order valence-electron chi connectivity index (χ4n) is 2.75. The molecule has 1 aliphatic carbocycles. The highest BCUT2D eigenvalue weighted by Crippen LogP contribution is 2.25. The van der Waals surface area contributed by atoms with E-state index >= 15 is 0 Å². The molecule has 21 heavy (non-hydrogen) atoms. The molecule has 1 aliphatic heterocycles. The molecular formula is C15H26N2O4. The molecule has 0 aromatic carbocycles. The van der Waals surface area contributed by atoms with Crippen LogP contribution >= 0.6 is 0 Å². The Balaban J connectivity index is 2.00. The predicted octanol–water partition coefficient (Wildman–Crippen LogP) is 1.68. The molecule has 0 spiro atoms. The van der Waals surface area contributed by atoms with Gasteiger partial charge in [-0.15, -0.1) is 0 Å². The van der Waals surface area contributed by atoms with Gasteiger partial charge in [-0.2, -0.15) is 0 Å². The van der Waals surface area contributed by atoms with Gasteiger partial charge in [-0.25, -0.2) is 9.59 Å². The van der Waals surface area contributed by atoms with E-state index in [-0.39, 0.29) is 12.0 Å². The third kappa shape index (κ3) is 4.09. The van der Waals surface area contributed by atoms with Crippen molar-refractivity contribution in [2.75, 3.05) is 13.7 Å². The molecule has 1 saturated carbocycles. The van der Waals surface area contributed by atoms with Crippen LogP contribution in [-0.4, -0.2) is 54.3 Å². The zero-order chi connectivity index (χ0) is 15.6. The number of carbonyl (C=O) groups is 2. The summed E-state index contributed by atoms with van der Waals surface area (Å²) in [5.41, 5.74) is -0.572. The molecule has 0 unspecified atom stereocenters. The highest BCUT2D eigenvalue weighted by atomic mass is 16.6. The smallest absolute Gasteiger partial charge is 0.411 e. The minimum atomic E-state index is -0.572. The maximum atomic E-state index is 12.3. The first kappa shape index (κ1) is 16.1. The lowest BCUT2D eigenvalue weighted by atomic mass is 9.92. The Kier molecular flexibility index (Phi) is 4.76. The fourth-order valence-corrected chi connectivity index (χ4v) is 2.75. The molecule has 1 saturated heterocycles. The molecule has 2 rings (SSSR count). The summed E-state index contributed by atoms with van der Waals surface area (Å²) in [7, 11) is 1.35. The number of hydrogen-bond donors (Lipinski definition) is 1. The first-order chi connectivity index (χ1) is 9.80. The molecule has 1 N–H and O–H groups in total. The summed E-state index contributed by atoms with van der Waals surface area (Å²) >= 11 is 0. The Hall–Kier alpha value is -1.30. The molecule has 6 nitrogen and oxygen atoms in total. The average Bonchev–Trinajstić information content (AvgIpc) is 2.75. The van der Waals surface area contributed by atoms with Crippen LogP contribution in [0.5, 0.6) is 0 Å². The van der Waals surface area contributed by atoms with Crippen molar-refractivity contribution in [2.45, 2.75) is 70.2 Å².